The first-order chi connectivity index (χ1) is 10.2. The van der Waals surface area contributed by atoms with E-state index in [4.69, 9.17) is 11.6 Å². The Balaban J connectivity index is 2.50. The van der Waals surface area contributed by atoms with E-state index in [2.05, 4.69) is 0 Å². The number of alkyl halides is 3. The van der Waals surface area contributed by atoms with E-state index in [0.29, 0.717) is 18.2 Å². The van der Waals surface area contributed by atoms with Crippen LogP contribution in [-0.4, -0.2) is 8.76 Å². The quantitative estimate of drug-likeness (QED) is 0.658. The highest BCUT2D eigenvalue weighted by atomic mass is 35.5. The molecule has 0 amide bonds. The van der Waals surface area contributed by atoms with Crippen LogP contribution in [0.5, 0.6) is 0 Å². The largest absolute Gasteiger partial charge is 0.755 e. The van der Waals surface area contributed by atoms with Gasteiger partial charge in [-0.15, -0.1) is 0 Å². The molecule has 1 atom stereocenters. The van der Waals surface area contributed by atoms with Gasteiger partial charge in [-0.3, -0.25) is 4.21 Å². The highest BCUT2D eigenvalue weighted by Crippen LogP contribution is 2.36. The maximum Gasteiger partial charge on any atom is 0.416 e. The first-order valence-corrected chi connectivity index (χ1v) is 7.16. The summed E-state index contributed by atoms with van der Waals surface area (Å²) in [6, 6.07) is 5.64. The highest BCUT2D eigenvalue weighted by Gasteiger charge is 2.31. The maximum atomic E-state index is 13.8. The highest BCUT2D eigenvalue weighted by molar-refractivity contribution is 7.80. The van der Waals surface area contributed by atoms with Crippen molar-refractivity contribution in [3.8, 4) is 11.1 Å². The van der Waals surface area contributed by atoms with Crippen molar-refractivity contribution in [1.82, 2.24) is 0 Å². The summed E-state index contributed by atoms with van der Waals surface area (Å²) in [4.78, 5) is 0. The van der Waals surface area contributed by atoms with Crippen molar-refractivity contribution < 1.29 is 26.3 Å². The first kappa shape index (κ1) is 16.7. The van der Waals surface area contributed by atoms with Gasteiger partial charge in [0.1, 0.15) is 5.82 Å². The molecule has 1 unspecified atom stereocenters. The molecule has 3 nitrogen and oxygen atoms in total. The molecule has 0 aliphatic rings. The Morgan fingerprint density at radius 2 is 1.77 bits per heavy atom. The minimum absolute atomic E-state index is 0.0208. The van der Waals surface area contributed by atoms with E-state index < -0.39 is 28.8 Å². The van der Waals surface area contributed by atoms with E-state index in [0.717, 1.165) is 0 Å². The monoisotopic (exact) mass is 352 g/mol. The molecule has 2 rings (SSSR count). The zero-order valence-electron chi connectivity index (χ0n) is 10.6. The summed E-state index contributed by atoms with van der Waals surface area (Å²) in [5.74, 6) is -0.872. The number of benzene rings is 2. The molecule has 0 spiro atoms. The molecule has 0 heterocycles. The molecule has 118 valence electrons. The van der Waals surface area contributed by atoms with Crippen molar-refractivity contribution in [3.05, 3.63) is 52.8 Å². The number of hydrogen-bond acceptors (Lipinski definition) is 2. The van der Waals surface area contributed by atoms with Crippen LogP contribution in [0.15, 0.2) is 36.4 Å². The van der Waals surface area contributed by atoms with Crippen LogP contribution in [0.2, 0.25) is 5.02 Å². The Hall–Kier alpha value is -1.64. The van der Waals surface area contributed by atoms with Crippen molar-refractivity contribution in [1.29, 1.82) is 0 Å². The van der Waals surface area contributed by atoms with E-state index in [1.54, 1.807) is 0 Å². The number of nitrogens with one attached hydrogen (secondary N) is 1. The fourth-order valence-electron chi connectivity index (χ4n) is 1.80. The molecule has 9 heteroatoms. The topological polar surface area (TPSA) is 52.2 Å². The summed E-state index contributed by atoms with van der Waals surface area (Å²) in [5.41, 5.74) is -1.21. The van der Waals surface area contributed by atoms with Crippen LogP contribution in [-0.2, 0) is 17.4 Å². The Labute approximate surface area is 130 Å². The van der Waals surface area contributed by atoms with Crippen molar-refractivity contribution in [3.63, 3.8) is 0 Å². The lowest BCUT2D eigenvalue weighted by atomic mass is 10.0. The summed E-state index contributed by atoms with van der Waals surface area (Å²) in [6.07, 6.45) is -4.62. The Morgan fingerprint density at radius 1 is 1.09 bits per heavy atom. The van der Waals surface area contributed by atoms with Gasteiger partial charge < -0.3 is 9.27 Å². The Bertz CT molecular complexity index is 736. The van der Waals surface area contributed by atoms with Gasteiger partial charge >= 0.3 is 6.18 Å². The normalized spacial score (nSPS) is 13.0. The summed E-state index contributed by atoms with van der Waals surface area (Å²) in [5, 5.41) is -0.0892. The molecule has 1 N–H and O–H groups in total. The molecule has 0 aromatic heterocycles. The third-order valence-corrected chi connectivity index (χ3v) is 3.47. The first-order valence-electron chi connectivity index (χ1n) is 5.71. The van der Waals surface area contributed by atoms with Crippen molar-refractivity contribution >= 4 is 28.6 Å². The van der Waals surface area contributed by atoms with E-state index in [1.165, 1.54) is 18.2 Å². The zero-order chi connectivity index (χ0) is 16.5. The second-order valence-electron chi connectivity index (χ2n) is 4.22. The van der Waals surface area contributed by atoms with Crippen molar-refractivity contribution in [2.24, 2.45) is 0 Å². The second-order valence-corrected chi connectivity index (χ2v) is 5.30. The summed E-state index contributed by atoms with van der Waals surface area (Å²) in [6.45, 7) is 0. The summed E-state index contributed by atoms with van der Waals surface area (Å²) in [7, 11) is 0. The lowest BCUT2D eigenvalue weighted by Crippen LogP contribution is -2.05. The lowest BCUT2D eigenvalue weighted by Gasteiger charge is -2.13. The van der Waals surface area contributed by atoms with E-state index in [-0.39, 0.29) is 21.8 Å². The smallest absolute Gasteiger partial charge is 0.416 e. The third kappa shape index (κ3) is 3.76. The van der Waals surface area contributed by atoms with Crippen molar-refractivity contribution in [2.45, 2.75) is 6.18 Å². The minimum atomic E-state index is -4.62. The van der Waals surface area contributed by atoms with Gasteiger partial charge in [0, 0.05) is 28.1 Å². The summed E-state index contributed by atoms with van der Waals surface area (Å²) < 4.78 is 74.9. The predicted octanol–water partition coefficient (Wildman–Crippen LogP) is 4.37. The molecular weight excluding hydrogens is 346 g/mol. The number of halogens is 5. The molecule has 0 bridgehead atoms. The average Bonchev–Trinajstić information content (AvgIpc) is 2.38. The molecule has 0 aliphatic carbocycles. The lowest BCUT2D eigenvalue weighted by molar-refractivity contribution is -0.137. The van der Waals surface area contributed by atoms with E-state index in [1.807, 2.05) is 4.72 Å². The fourth-order valence-corrected chi connectivity index (χ4v) is 2.40. The van der Waals surface area contributed by atoms with Gasteiger partial charge in [0.15, 0.2) is 0 Å². The predicted molar refractivity (Wildman–Crippen MR) is 74.4 cm³/mol. The van der Waals surface area contributed by atoms with Gasteiger partial charge in [-0.05, 0) is 30.3 Å². The van der Waals surface area contributed by atoms with Gasteiger partial charge in [-0.2, -0.15) is 13.2 Å². The van der Waals surface area contributed by atoms with Crippen LogP contribution in [0.25, 0.3) is 11.1 Å². The van der Waals surface area contributed by atoms with Gasteiger partial charge in [0.25, 0.3) is 0 Å². The molecule has 0 saturated carbocycles. The van der Waals surface area contributed by atoms with Crippen LogP contribution in [0, 0.1) is 5.82 Å². The fraction of sp³-hybridized carbons (Fsp3) is 0.0769. The molecule has 0 aliphatic heterocycles. The van der Waals surface area contributed by atoms with Crippen molar-refractivity contribution in [2.75, 3.05) is 4.72 Å². The zero-order valence-corrected chi connectivity index (χ0v) is 12.2. The molecular formula is C13H7ClF4NO2S-. The minimum Gasteiger partial charge on any atom is -0.755 e. The van der Waals surface area contributed by atoms with Gasteiger partial charge in [0.05, 0.1) is 10.6 Å². The molecule has 0 saturated heterocycles. The number of hydrogen-bond donors (Lipinski definition) is 1. The van der Waals surface area contributed by atoms with E-state index in [9.17, 15) is 26.3 Å². The van der Waals surface area contributed by atoms with Crippen LogP contribution < -0.4 is 4.72 Å². The van der Waals surface area contributed by atoms with Gasteiger partial charge in [0.2, 0.25) is 0 Å². The van der Waals surface area contributed by atoms with Crippen LogP contribution in [0.3, 0.4) is 0 Å². The Kier molecular flexibility index (Phi) is 4.74. The molecule has 0 fully saturated rings. The maximum absolute atomic E-state index is 13.8. The van der Waals surface area contributed by atoms with Gasteiger partial charge in [-0.25, -0.2) is 4.39 Å². The Morgan fingerprint density at radius 3 is 2.32 bits per heavy atom. The molecule has 2 aromatic rings. The number of rotatable bonds is 3. The van der Waals surface area contributed by atoms with Crippen LogP contribution in [0.4, 0.5) is 23.2 Å². The molecule has 2 aromatic carbocycles. The van der Waals surface area contributed by atoms with Crippen LogP contribution >= 0.6 is 11.6 Å². The van der Waals surface area contributed by atoms with E-state index >= 15 is 0 Å². The van der Waals surface area contributed by atoms with Gasteiger partial charge in [-0.1, -0.05) is 17.7 Å². The third-order valence-electron chi connectivity index (χ3n) is 2.75. The van der Waals surface area contributed by atoms with Crippen LogP contribution in [0.1, 0.15) is 5.56 Å². The molecule has 0 radical (unpaired) electrons. The molecule has 22 heavy (non-hydrogen) atoms. The number of anilines is 1. The average molecular weight is 353 g/mol. The standard InChI is InChI=1S/C13H8ClF4NO2S/c14-11-6-8(19-22(20)21)2-3-9(11)10-5-7(13(16,17)18)1-4-12(10)15/h1-6,19H,(H,20,21)/p-1. The second kappa shape index (κ2) is 6.23. The summed E-state index contributed by atoms with van der Waals surface area (Å²) >= 11 is 3.32. The SMILES string of the molecule is O=S([O-])Nc1ccc(-c2cc(C(F)(F)F)ccc2F)c(Cl)c1.